The van der Waals surface area contributed by atoms with Crippen molar-refractivity contribution < 1.29 is 13.2 Å². The minimum atomic E-state index is -3.45. The van der Waals surface area contributed by atoms with Gasteiger partial charge >= 0.3 is 6.03 Å². The molecule has 1 aromatic heterocycles. The molecule has 0 aliphatic carbocycles. The fourth-order valence-corrected chi connectivity index (χ4v) is 4.87. The van der Waals surface area contributed by atoms with E-state index in [1.165, 1.54) is 0 Å². The molecule has 3 rings (SSSR count). The standard InChI is InChI=1S/C22H31N5O3S/c1-17-14-20(15-18(2)25-17)26-22(28)23-10-13-27-11-8-19(9-12-27)16-24-31(29,30)21-6-4-3-5-7-21/h3-7,14-15,19,24H,8-13,16H2,1-2H3,(H2,23,25,26,28). The third kappa shape index (κ3) is 7.30. The predicted molar refractivity (Wildman–Crippen MR) is 122 cm³/mol. The molecule has 1 fully saturated rings. The molecule has 31 heavy (non-hydrogen) atoms. The fourth-order valence-electron chi connectivity index (χ4n) is 3.73. The molecule has 0 unspecified atom stereocenters. The number of pyridine rings is 1. The molecule has 2 aromatic rings. The quantitative estimate of drug-likeness (QED) is 0.579. The molecule has 1 saturated heterocycles. The zero-order valence-corrected chi connectivity index (χ0v) is 18.9. The van der Waals surface area contributed by atoms with Gasteiger partial charge in [-0.1, -0.05) is 18.2 Å². The maximum absolute atomic E-state index is 12.3. The highest BCUT2D eigenvalue weighted by Gasteiger charge is 2.21. The number of hydrogen-bond acceptors (Lipinski definition) is 5. The highest BCUT2D eigenvalue weighted by Crippen LogP contribution is 2.17. The smallest absolute Gasteiger partial charge is 0.319 e. The average molecular weight is 446 g/mol. The number of piperidine rings is 1. The van der Waals surface area contributed by atoms with Crippen LogP contribution in [0, 0.1) is 19.8 Å². The lowest BCUT2D eigenvalue weighted by Gasteiger charge is -2.32. The van der Waals surface area contributed by atoms with Crippen molar-refractivity contribution in [1.29, 1.82) is 0 Å². The number of sulfonamides is 1. The maximum atomic E-state index is 12.3. The number of anilines is 1. The molecule has 3 N–H and O–H groups in total. The molecule has 8 nitrogen and oxygen atoms in total. The minimum Gasteiger partial charge on any atom is -0.337 e. The highest BCUT2D eigenvalue weighted by atomic mass is 32.2. The second-order valence-corrected chi connectivity index (χ2v) is 9.74. The van der Waals surface area contributed by atoms with Crippen LogP contribution in [0.3, 0.4) is 0 Å². The van der Waals surface area contributed by atoms with Crippen LogP contribution in [0.2, 0.25) is 0 Å². The Morgan fingerprint density at radius 3 is 2.39 bits per heavy atom. The van der Waals surface area contributed by atoms with Crippen molar-refractivity contribution in [3.63, 3.8) is 0 Å². The number of likely N-dealkylation sites (tertiary alicyclic amines) is 1. The molecule has 1 aromatic carbocycles. The third-order valence-corrected chi connectivity index (χ3v) is 6.82. The zero-order chi connectivity index (χ0) is 22.3. The predicted octanol–water partition coefficient (Wildman–Crippen LogP) is 2.51. The Balaban J connectivity index is 1.33. The van der Waals surface area contributed by atoms with Crippen molar-refractivity contribution in [2.24, 2.45) is 5.92 Å². The van der Waals surface area contributed by atoms with E-state index in [-0.39, 0.29) is 6.03 Å². The Labute approximate surface area is 184 Å². The lowest BCUT2D eigenvalue weighted by molar-refractivity contribution is 0.186. The van der Waals surface area contributed by atoms with Gasteiger partial charge in [-0.3, -0.25) is 4.98 Å². The van der Waals surface area contributed by atoms with Crippen LogP contribution < -0.4 is 15.4 Å². The van der Waals surface area contributed by atoms with E-state index < -0.39 is 10.0 Å². The van der Waals surface area contributed by atoms with Crippen LogP contribution in [0.15, 0.2) is 47.4 Å². The van der Waals surface area contributed by atoms with Gasteiger partial charge in [-0.15, -0.1) is 0 Å². The van der Waals surface area contributed by atoms with E-state index in [0.717, 1.165) is 49.6 Å². The maximum Gasteiger partial charge on any atom is 0.319 e. The number of rotatable bonds is 8. The summed E-state index contributed by atoms with van der Waals surface area (Å²) >= 11 is 0. The molecule has 0 bridgehead atoms. The number of aryl methyl sites for hydroxylation is 2. The summed E-state index contributed by atoms with van der Waals surface area (Å²) in [4.78, 5) is 19.0. The van der Waals surface area contributed by atoms with Crippen molar-refractivity contribution in [1.82, 2.24) is 19.9 Å². The van der Waals surface area contributed by atoms with Crippen LogP contribution in [0.5, 0.6) is 0 Å². The van der Waals surface area contributed by atoms with Crippen LogP contribution in [-0.2, 0) is 10.0 Å². The molecule has 0 radical (unpaired) electrons. The Morgan fingerprint density at radius 1 is 1.10 bits per heavy atom. The van der Waals surface area contributed by atoms with Gasteiger partial charge in [0.15, 0.2) is 0 Å². The third-order valence-electron chi connectivity index (χ3n) is 5.38. The normalized spacial score (nSPS) is 15.5. The number of benzene rings is 1. The Bertz CT molecular complexity index is 954. The molecular weight excluding hydrogens is 414 g/mol. The second-order valence-electron chi connectivity index (χ2n) is 7.97. The second kappa shape index (κ2) is 10.7. The summed E-state index contributed by atoms with van der Waals surface area (Å²) in [7, 11) is -3.45. The number of aromatic nitrogens is 1. The van der Waals surface area contributed by atoms with Gasteiger partial charge in [0.2, 0.25) is 10.0 Å². The number of urea groups is 1. The Kier molecular flexibility index (Phi) is 8.00. The van der Waals surface area contributed by atoms with Gasteiger partial charge in [-0.05, 0) is 70.0 Å². The van der Waals surface area contributed by atoms with Gasteiger partial charge in [0.05, 0.1) is 4.90 Å². The summed E-state index contributed by atoms with van der Waals surface area (Å²) in [6.07, 6.45) is 1.86. The zero-order valence-electron chi connectivity index (χ0n) is 18.1. The lowest BCUT2D eigenvalue weighted by Crippen LogP contribution is -2.42. The summed E-state index contributed by atoms with van der Waals surface area (Å²) in [5.74, 6) is 0.323. The molecule has 2 amide bonds. The molecule has 9 heteroatoms. The summed E-state index contributed by atoms with van der Waals surface area (Å²) in [6.45, 7) is 7.35. The van der Waals surface area contributed by atoms with Crippen LogP contribution >= 0.6 is 0 Å². The molecule has 168 valence electrons. The first-order chi connectivity index (χ1) is 14.8. The van der Waals surface area contributed by atoms with Crippen molar-refractivity contribution in [3.05, 3.63) is 53.9 Å². The largest absolute Gasteiger partial charge is 0.337 e. The molecular formula is C22H31N5O3S. The molecule has 0 atom stereocenters. The Hall–Kier alpha value is -2.49. The monoisotopic (exact) mass is 445 g/mol. The summed E-state index contributed by atoms with van der Waals surface area (Å²) in [5.41, 5.74) is 2.47. The number of carbonyl (C=O) groups is 1. The first-order valence-electron chi connectivity index (χ1n) is 10.6. The van der Waals surface area contributed by atoms with Gasteiger partial charge in [-0.25, -0.2) is 17.9 Å². The van der Waals surface area contributed by atoms with E-state index >= 15 is 0 Å². The van der Waals surface area contributed by atoms with E-state index in [9.17, 15) is 13.2 Å². The van der Waals surface area contributed by atoms with Crippen LogP contribution in [0.4, 0.5) is 10.5 Å². The number of nitrogens with one attached hydrogen (secondary N) is 3. The number of amides is 2. The minimum absolute atomic E-state index is 0.227. The number of hydrogen-bond donors (Lipinski definition) is 3. The first kappa shape index (κ1) is 23.2. The number of carbonyl (C=O) groups excluding carboxylic acids is 1. The van der Waals surface area contributed by atoms with E-state index in [1.807, 2.05) is 26.0 Å². The van der Waals surface area contributed by atoms with E-state index in [0.29, 0.717) is 23.9 Å². The van der Waals surface area contributed by atoms with E-state index in [4.69, 9.17) is 0 Å². The van der Waals surface area contributed by atoms with Gasteiger partial charge in [0.25, 0.3) is 0 Å². The van der Waals surface area contributed by atoms with E-state index in [1.54, 1.807) is 30.3 Å². The molecule has 1 aliphatic rings. The number of nitrogens with zero attached hydrogens (tertiary/aromatic N) is 2. The first-order valence-corrected chi connectivity index (χ1v) is 12.1. The van der Waals surface area contributed by atoms with E-state index in [2.05, 4.69) is 25.2 Å². The van der Waals surface area contributed by atoms with Gasteiger partial charge in [-0.2, -0.15) is 0 Å². The van der Waals surface area contributed by atoms with Crippen LogP contribution in [0.1, 0.15) is 24.2 Å². The summed E-state index contributed by atoms with van der Waals surface area (Å²) < 4.78 is 27.4. The van der Waals surface area contributed by atoms with Crippen LogP contribution in [0.25, 0.3) is 0 Å². The fraction of sp³-hybridized carbons (Fsp3) is 0.455. The van der Waals surface area contributed by atoms with Gasteiger partial charge < -0.3 is 15.5 Å². The summed E-state index contributed by atoms with van der Waals surface area (Å²) in [6, 6.07) is 11.9. The van der Waals surface area contributed by atoms with Crippen molar-refractivity contribution in [3.8, 4) is 0 Å². The topological polar surface area (TPSA) is 103 Å². The lowest BCUT2D eigenvalue weighted by atomic mass is 9.97. The molecule has 0 spiro atoms. The van der Waals surface area contributed by atoms with Crippen LogP contribution in [-0.4, -0.2) is 57.1 Å². The molecule has 2 heterocycles. The van der Waals surface area contributed by atoms with Crippen molar-refractivity contribution in [2.75, 3.05) is 38.0 Å². The average Bonchev–Trinajstić information content (AvgIpc) is 2.73. The van der Waals surface area contributed by atoms with Crippen molar-refractivity contribution in [2.45, 2.75) is 31.6 Å². The Morgan fingerprint density at radius 2 is 1.74 bits per heavy atom. The van der Waals surface area contributed by atoms with Gasteiger partial charge in [0.1, 0.15) is 0 Å². The molecule has 0 saturated carbocycles. The van der Waals surface area contributed by atoms with Crippen molar-refractivity contribution >= 4 is 21.7 Å². The van der Waals surface area contributed by atoms with Gasteiger partial charge in [0, 0.05) is 36.7 Å². The summed E-state index contributed by atoms with van der Waals surface area (Å²) in [5, 5.41) is 5.73. The molecule has 1 aliphatic heterocycles. The highest BCUT2D eigenvalue weighted by molar-refractivity contribution is 7.89. The SMILES string of the molecule is Cc1cc(NC(=O)NCCN2CCC(CNS(=O)(=O)c3ccccc3)CC2)cc(C)n1.